The van der Waals surface area contributed by atoms with Gasteiger partial charge in [0.05, 0.1) is 24.3 Å². The average molecular weight is 525 g/mol. The maximum atomic E-state index is 13.3. The zero-order valence-corrected chi connectivity index (χ0v) is 22.3. The van der Waals surface area contributed by atoms with Gasteiger partial charge in [-0.25, -0.2) is 0 Å². The number of amides is 1. The quantitative estimate of drug-likeness (QED) is 0.257. The fraction of sp³-hybridized carbons (Fsp3) is 0.519. The van der Waals surface area contributed by atoms with E-state index >= 15 is 0 Å². The Morgan fingerprint density at radius 1 is 1.09 bits per heavy atom. The lowest BCUT2D eigenvalue weighted by molar-refractivity contribution is -0.123. The first-order valence-electron chi connectivity index (χ1n) is 12.2. The van der Waals surface area contributed by atoms with Crippen LogP contribution in [-0.4, -0.2) is 47.5 Å². The molecular weight excluding hydrogens is 485 g/mol. The Balaban J connectivity index is 2.37. The molecule has 0 spiro atoms. The summed E-state index contributed by atoms with van der Waals surface area (Å²) in [5.74, 6) is 0.0181. The number of nitrogens with two attached hydrogens (primary N) is 1. The number of carbonyl (C=O) groups excluding carboxylic acids is 1. The summed E-state index contributed by atoms with van der Waals surface area (Å²) < 4.78 is 0. The molecule has 0 fully saturated rings. The van der Waals surface area contributed by atoms with E-state index in [4.69, 9.17) is 34.0 Å². The van der Waals surface area contributed by atoms with Crippen molar-refractivity contribution in [3.05, 3.63) is 69.7 Å². The standard InChI is InChI=1S/C27H39Cl2N3O3/c1-4-19(5-2)25(27(3,30)20-9-11-21(28)12-10-20)32-24(16-18-7-6-8-22(29)15-18)26(35)31-14-13-23(34)17-33/h6-12,15,19,23-25,32-34H,4-5,13-14,16-17,30H2,1-3H3,(H,31,35)/t23-,24+,25?,27+/m0/s1. The molecule has 6 nitrogen and oxygen atoms in total. The largest absolute Gasteiger partial charge is 0.394 e. The smallest absolute Gasteiger partial charge is 0.237 e. The molecule has 194 valence electrons. The van der Waals surface area contributed by atoms with Crippen molar-refractivity contribution < 1.29 is 15.0 Å². The molecule has 6 N–H and O–H groups in total. The molecule has 2 aromatic rings. The molecule has 4 atom stereocenters. The second kappa shape index (κ2) is 14.2. The highest BCUT2D eigenvalue weighted by atomic mass is 35.5. The van der Waals surface area contributed by atoms with E-state index in [1.165, 1.54) is 0 Å². The SMILES string of the molecule is CCC(CC)C(N[C@H](Cc1cccc(Cl)c1)C(=O)NCC[C@H](O)CO)[C@](C)(N)c1ccc(Cl)cc1. The van der Waals surface area contributed by atoms with Crippen LogP contribution < -0.4 is 16.4 Å². The molecular formula is C27H39Cl2N3O3. The maximum Gasteiger partial charge on any atom is 0.237 e. The fourth-order valence-electron chi connectivity index (χ4n) is 4.47. The van der Waals surface area contributed by atoms with Gasteiger partial charge in [0.15, 0.2) is 0 Å². The molecule has 0 aliphatic rings. The predicted molar refractivity (Wildman–Crippen MR) is 144 cm³/mol. The van der Waals surface area contributed by atoms with E-state index in [0.717, 1.165) is 24.0 Å². The van der Waals surface area contributed by atoms with E-state index in [2.05, 4.69) is 24.5 Å². The number of nitrogens with one attached hydrogen (secondary N) is 2. The van der Waals surface area contributed by atoms with Crippen molar-refractivity contribution in [1.29, 1.82) is 0 Å². The Hall–Kier alpha value is -1.67. The number of benzene rings is 2. The van der Waals surface area contributed by atoms with Crippen molar-refractivity contribution in [3.63, 3.8) is 0 Å². The zero-order chi connectivity index (χ0) is 26.0. The molecule has 2 aromatic carbocycles. The first-order chi connectivity index (χ1) is 16.6. The van der Waals surface area contributed by atoms with E-state index in [9.17, 15) is 9.90 Å². The summed E-state index contributed by atoms with van der Waals surface area (Å²) in [6.45, 7) is 6.15. The number of halogens is 2. The van der Waals surface area contributed by atoms with Crippen molar-refractivity contribution in [3.8, 4) is 0 Å². The molecule has 0 radical (unpaired) electrons. The van der Waals surface area contributed by atoms with E-state index in [1.54, 1.807) is 6.07 Å². The lowest BCUT2D eigenvalue weighted by Crippen LogP contribution is -2.61. The van der Waals surface area contributed by atoms with Gasteiger partial charge in [-0.1, -0.05) is 74.2 Å². The Bertz CT molecular complexity index is 920. The summed E-state index contributed by atoms with van der Waals surface area (Å²) >= 11 is 12.3. The Kier molecular flexibility index (Phi) is 12.0. The van der Waals surface area contributed by atoms with Gasteiger partial charge in [0, 0.05) is 22.6 Å². The summed E-state index contributed by atoms with van der Waals surface area (Å²) in [4.78, 5) is 13.3. The van der Waals surface area contributed by atoms with Crippen LogP contribution in [0.15, 0.2) is 48.5 Å². The van der Waals surface area contributed by atoms with Crippen LogP contribution in [-0.2, 0) is 16.8 Å². The molecule has 0 aliphatic carbocycles. The maximum absolute atomic E-state index is 13.3. The first kappa shape index (κ1) is 29.6. The molecule has 1 amide bonds. The van der Waals surface area contributed by atoms with Gasteiger partial charge in [0.2, 0.25) is 5.91 Å². The Morgan fingerprint density at radius 2 is 1.74 bits per heavy atom. The van der Waals surface area contributed by atoms with Gasteiger partial charge in [-0.05, 0) is 61.1 Å². The van der Waals surface area contributed by atoms with E-state index in [1.807, 2.05) is 49.4 Å². The third kappa shape index (κ3) is 8.74. The number of rotatable bonds is 14. The Morgan fingerprint density at radius 3 is 2.31 bits per heavy atom. The van der Waals surface area contributed by atoms with Gasteiger partial charge in [-0.15, -0.1) is 0 Å². The highest BCUT2D eigenvalue weighted by Crippen LogP contribution is 2.31. The highest BCUT2D eigenvalue weighted by molar-refractivity contribution is 6.30. The lowest BCUT2D eigenvalue weighted by Gasteiger charge is -2.42. The van der Waals surface area contributed by atoms with Crippen LogP contribution in [0.3, 0.4) is 0 Å². The van der Waals surface area contributed by atoms with E-state index < -0.39 is 17.7 Å². The number of carbonyl (C=O) groups is 1. The van der Waals surface area contributed by atoms with Crippen molar-refractivity contribution in [1.82, 2.24) is 10.6 Å². The third-order valence-electron chi connectivity index (χ3n) is 6.65. The molecule has 8 heteroatoms. The van der Waals surface area contributed by atoms with Crippen molar-refractivity contribution >= 4 is 29.1 Å². The van der Waals surface area contributed by atoms with Crippen molar-refractivity contribution in [2.24, 2.45) is 11.7 Å². The minimum Gasteiger partial charge on any atom is -0.394 e. The van der Waals surface area contributed by atoms with E-state index in [0.29, 0.717) is 16.5 Å². The number of hydrogen-bond donors (Lipinski definition) is 5. The third-order valence-corrected chi connectivity index (χ3v) is 7.13. The van der Waals surface area contributed by atoms with Crippen LogP contribution in [0.25, 0.3) is 0 Å². The zero-order valence-electron chi connectivity index (χ0n) is 20.8. The molecule has 0 aromatic heterocycles. The predicted octanol–water partition coefficient (Wildman–Crippen LogP) is 4.03. The summed E-state index contributed by atoms with van der Waals surface area (Å²) in [6.07, 6.45) is 1.60. The number of aliphatic hydroxyl groups excluding tert-OH is 2. The van der Waals surface area contributed by atoms with Crippen LogP contribution in [0.1, 0.15) is 51.2 Å². The van der Waals surface area contributed by atoms with Crippen molar-refractivity contribution in [2.75, 3.05) is 13.2 Å². The second-order valence-corrected chi connectivity index (χ2v) is 10.2. The van der Waals surface area contributed by atoms with Crippen LogP contribution >= 0.6 is 23.2 Å². The van der Waals surface area contributed by atoms with E-state index in [-0.39, 0.29) is 37.4 Å². The molecule has 1 unspecified atom stereocenters. The van der Waals surface area contributed by atoms with Gasteiger partial charge in [-0.3, -0.25) is 4.79 Å². The summed E-state index contributed by atoms with van der Waals surface area (Å²) in [7, 11) is 0. The average Bonchev–Trinajstić information content (AvgIpc) is 2.83. The molecule has 35 heavy (non-hydrogen) atoms. The normalized spacial score (nSPS) is 15.9. The van der Waals surface area contributed by atoms with Crippen LogP contribution in [0.5, 0.6) is 0 Å². The summed E-state index contributed by atoms with van der Waals surface area (Å²) in [5.41, 5.74) is 8.07. The monoisotopic (exact) mass is 523 g/mol. The number of hydrogen-bond acceptors (Lipinski definition) is 5. The second-order valence-electron chi connectivity index (χ2n) is 9.31. The van der Waals surface area contributed by atoms with Crippen LogP contribution in [0.2, 0.25) is 10.0 Å². The molecule has 0 bridgehead atoms. The Labute approximate surface area is 219 Å². The van der Waals surface area contributed by atoms with Crippen molar-refractivity contribution in [2.45, 2.75) is 70.2 Å². The van der Waals surface area contributed by atoms with Crippen LogP contribution in [0.4, 0.5) is 0 Å². The van der Waals surface area contributed by atoms with Crippen LogP contribution in [0, 0.1) is 5.92 Å². The molecule has 0 saturated heterocycles. The molecule has 2 rings (SSSR count). The van der Waals surface area contributed by atoms with Gasteiger partial charge in [0.25, 0.3) is 0 Å². The summed E-state index contributed by atoms with van der Waals surface area (Å²) in [6, 6.07) is 14.2. The molecule has 0 saturated carbocycles. The molecule has 0 aliphatic heterocycles. The minimum atomic E-state index is -0.871. The lowest BCUT2D eigenvalue weighted by atomic mass is 9.76. The minimum absolute atomic E-state index is 0.196. The molecule has 0 heterocycles. The fourth-order valence-corrected chi connectivity index (χ4v) is 4.81. The van der Waals surface area contributed by atoms with Gasteiger partial charge < -0.3 is 26.6 Å². The first-order valence-corrected chi connectivity index (χ1v) is 13.0. The van der Waals surface area contributed by atoms with Gasteiger partial charge in [0.1, 0.15) is 0 Å². The summed E-state index contributed by atoms with van der Waals surface area (Å²) in [5, 5.41) is 26.5. The van der Waals surface area contributed by atoms with Gasteiger partial charge in [-0.2, -0.15) is 0 Å². The topological polar surface area (TPSA) is 108 Å². The van der Waals surface area contributed by atoms with Gasteiger partial charge >= 0.3 is 0 Å². The highest BCUT2D eigenvalue weighted by Gasteiger charge is 2.38. The number of aliphatic hydroxyl groups is 2.